The summed E-state index contributed by atoms with van der Waals surface area (Å²) in [5, 5.41) is 3.07. The zero-order chi connectivity index (χ0) is 21.4. The molecule has 30 heavy (non-hydrogen) atoms. The first-order valence-corrected chi connectivity index (χ1v) is 11.1. The van der Waals surface area contributed by atoms with Gasteiger partial charge in [-0.3, -0.25) is 4.79 Å². The molecule has 3 aromatic rings. The van der Waals surface area contributed by atoms with Crippen LogP contribution in [0.2, 0.25) is 0 Å². The van der Waals surface area contributed by atoms with Crippen molar-refractivity contribution in [3.8, 4) is 0 Å². The Morgan fingerprint density at radius 2 is 1.50 bits per heavy atom. The summed E-state index contributed by atoms with van der Waals surface area (Å²) in [6.45, 7) is 3.64. The van der Waals surface area contributed by atoms with E-state index in [9.17, 15) is 13.2 Å². The number of nitrogens with one attached hydrogen (secondary N) is 2. The summed E-state index contributed by atoms with van der Waals surface area (Å²) in [6.07, 6.45) is 2.12. The van der Waals surface area contributed by atoms with Crippen molar-refractivity contribution in [2.24, 2.45) is 0 Å². The standard InChI is InChI=1S/C24H24N2O3S/c1-2-17-25-30(28,29)22-15-13-21(14-16-22)24(27)26-23(20-11-7-4-8-12-20)18-19-9-5-3-6-10-19/h2-16,23,25H,1,17-18H2,(H,26,27). The fourth-order valence-electron chi connectivity index (χ4n) is 3.07. The van der Waals surface area contributed by atoms with Crippen LogP contribution in [0.3, 0.4) is 0 Å². The van der Waals surface area contributed by atoms with Crippen LogP contribution in [0.5, 0.6) is 0 Å². The van der Waals surface area contributed by atoms with Gasteiger partial charge in [-0.15, -0.1) is 6.58 Å². The fraction of sp³-hybridized carbons (Fsp3) is 0.125. The van der Waals surface area contributed by atoms with Crippen LogP contribution in [0.15, 0.2) is 102 Å². The molecule has 0 fully saturated rings. The van der Waals surface area contributed by atoms with Gasteiger partial charge in [-0.1, -0.05) is 66.7 Å². The summed E-state index contributed by atoms with van der Waals surface area (Å²) < 4.78 is 26.8. The molecule has 0 spiro atoms. The number of sulfonamides is 1. The van der Waals surface area contributed by atoms with Crippen LogP contribution in [0.25, 0.3) is 0 Å². The molecule has 0 radical (unpaired) electrons. The Morgan fingerprint density at radius 1 is 0.900 bits per heavy atom. The molecular weight excluding hydrogens is 396 g/mol. The molecule has 2 N–H and O–H groups in total. The van der Waals surface area contributed by atoms with Crippen LogP contribution >= 0.6 is 0 Å². The maximum atomic E-state index is 12.9. The third kappa shape index (κ3) is 5.65. The van der Waals surface area contributed by atoms with Crippen molar-refractivity contribution in [3.63, 3.8) is 0 Å². The molecule has 0 bridgehead atoms. The summed E-state index contributed by atoms with van der Waals surface area (Å²) in [7, 11) is -3.62. The molecule has 0 saturated carbocycles. The number of hydrogen-bond donors (Lipinski definition) is 2. The van der Waals surface area contributed by atoms with E-state index in [4.69, 9.17) is 0 Å². The minimum absolute atomic E-state index is 0.102. The molecule has 5 nitrogen and oxygen atoms in total. The second-order valence-electron chi connectivity index (χ2n) is 6.79. The molecule has 0 aliphatic carbocycles. The number of amides is 1. The van der Waals surface area contributed by atoms with Gasteiger partial charge in [0.25, 0.3) is 5.91 Å². The Hall–Kier alpha value is -3.22. The lowest BCUT2D eigenvalue weighted by Crippen LogP contribution is -2.30. The first-order valence-electron chi connectivity index (χ1n) is 9.60. The van der Waals surface area contributed by atoms with E-state index in [1.54, 1.807) is 0 Å². The number of benzene rings is 3. The zero-order valence-electron chi connectivity index (χ0n) is 16.5. The second kappa shape index (κ2) is 10.0. The molecule has 1 unspecified atom stereocenters. The summed E-state index contributed by atoms with van der Waals surface area (Å²) >= 11 is 0. The predicted octanol–water partition coefficient (Wildman–Crippen LogP) is 3.86. The van der Waals surface area contributed by atoms with Crippen LogP contribution in [-0.4, -0.2) is 20.9 Å². The molecule has 0 aliphatic heterocycles. The summed E-state index contributed by atoms with van der Waals surface area (Å²) in [5.74, 6) is -0.261. The topological polar surface area (TPSA) is 75.3 Å². The first kappa shape index (κ1) is 21.5. The third-order valence-corrected chi connectivity index (χ3v) is 6.07. The average molecular weight is 421 g/mol. The molecule has 1 atom stereocenters. The van der Waals surface area contributed by atoms with E-state index in [-0.39, 0.29) is 23.4 Å². The Morgan fingerprint density at radius 3 is 2.10 bits per heavy atom. The van der Waals surface area contributed by atoms with E-state index < -0.39 is 10.0 Å². The number of hydrogen-bond acceptors (Lipinski definition) is 3. The lowest BCUT2D eigenvalue weighted by molar-refractivity contribution is 0.0936. The van der Waals surface area contributed by atoms with Crippen LogP contribution in [0, 0.1) is 0 Å². The van der Waals surface area contributed by atoms with Gasteiger partial charge in [0.05, 0.1) is 10.9 Å². The lowest BCUT2D eigenvalue weighted by atomic mass is 9.98. The van der Waals surface area contributed by atoms with Crippen molar-refractivity contribution in [3.05, 3.63) is 114 Å². The fourth-order valence-corrected chi connectivity index (χ4v) is 4.06. The third-order valence-electron chi connectivity index (χ3n) is 4.63. The van der Waals surface area contributed by atoms with Crippen LogP contribution in [0.4, 0.5) is 0 Å². The largest absolute Gasteiger partial charge is 0.345 e. The minimum atomic E-state index is -3.62. The van der Waals surface area contributed by atoms with Crippen LogP contribution in [0.1, 0.15) is 27.5 Å². The van der Waals surface area contributed by atoms with Crippen molar-refractivity contribution in [2.45, 2.75) is 17.4 Å². The van der Waals surface area contributed by atoms with Gasteiger partial charge in [0.1, 0.15) is 0 Å². The Balaban J connectivity index is 1.78. The van der Waals surface area contributed by atoms with Crippen LogP contribution < -0.4 is 10.0 Å². The van der Waals surface area contributed by atoms with E-state index in [1.165, 1.54) is 30.3 Å². The highest BCUT2D eigenvalue weighted by molar-refractivity contribution is 7.89. The Kier molecular flexibility index (Phi) is 7.17. The summed E-state index contributed by atoms with van der Waals surface area (Å²) in [5.41, 5.74) is 2.51. The highest BCUT2D eigenvalue weighted by Crippen LogP contribution is 2.19. The zero-order valence-corrected chi connectivity index (χ0v) is 17.3. The highest BCUT2D eigenvalue weighted by atomic mass is 32.2. The maximum Gasteiger partial charge on any atom is 0.251 e. The van der Waals surface area contributed by atoms with Crippen LogP contribution in [-0.2, 0) is 16.4 Å². The number of carbonyl (C=O) groups is 1. The van der Waals surface area contributed by atoms with Crippen molar-refractivity contribution < 1.29 is 13.2 Å². The van der Waals surface area contributed by atoms with Gasteiger partial charge in [0.15, 0.2) is 0 Å². The Labute approximate surface area is 177 Å². The van der Waals surface area contributed by atoms with Gasteiger partial charge in [0, 0.05) is 12.1 Å². The van der Waals surface area contributed by atoms with Gasteiger partial charge >= 0.3 is 0 Å². The predicted molar refractivity (Wildman–Crippen MR) is 119 cm³/mol. The lowest BCUT2D eigenvalue weighted by Gasteiger charge is -2.20. The Bertz CT molecular complexity index is 1080. The molecule has 6 heteroatoms. The molecule has 3 rings (SSSR count). The van der Waals surface area contributed by atoms with Crippen molar-refractivity contribution >= 4 is 15.9 Å². The highest BCUT2D eigenvalue weighted by Gasteiger charge is 2.18. The monoisotopic (exact) mass is 420 g/mol. The maximum absolute atomic E-state index is 12.9. The minimum Gasteiger partial charge on any atom is -0.345 e. The molecular formula is C24H24N2O3S. The molecule has 0 aromatic heterocycles. The van der Waals surface area contributed by atoms with Gasteiger partial charge in [-0.05, 0) is 41.8 Å². The van der Waals surface area contributed by atoms with Gasteiger partial charge in [0.2, 0.25) is 10.0 Å². The quantitative estimate of drug-likeness (QED) is 0.516. The van der Waals surface area contributed by atoms with E-state index in [0.717, 1.165) is 11.1 Å². The van der Waals surface area contributed by atoms with Gasteiger partial charge in [-0.25, -0.2) is 13.1 Å². The van der Waals surface area contributed by atoms with Gasteiger partial charge in [-0.2, -0.15) is 0 Å². The average Bonchev–Trinajstić information content (AvgIpc) is 2.78. The van der Waals surface area contributed by atoms with E-state index >= 15 is 0 Å². The molecule has 1 amide bonds. The summed E-state index contributed by atoms with van der Waals surface area (Å²) in [4.78, 5) is 13.0. The van der Waals surface area contributed by atoms with Gasteiger partial charge < -0.3 is 5.32 Å². The summed E-state index contributed by atoms with van der Waals surface area (Å²) in [6, 6.07) is 25.4. The number of carbonyl (C=O) groups excluding carboxylic acids is 1. The smallest absolute Gasteiger partial charge is 0.251 e. The van der Waals surface area contributed by atoms with Crippen molar-refractivity contribution in [1.82, 2.24) is 10.0 Å². The molecule has 0 saturated heterocycles. The van der Waals surface area contributed by atoms with E-state index in [1.807, 2.05) is 60.7 Å². The van der Waals surface area contributed by atoms with Crippen molar-refractivity contribution in [2.75, 3.05) is 6.54 Å². The van der Waals surface area contributed by atoms with E-state index in [2.05, 4.69) is 16.6 Å². The molecule has 0 aliphatic rings. The van der Waals surface area contributed by atoms with E-state index in [0.29, 0.717) is 12.0 Å². The SMILES string of the molecule is C=CCNS(=O)(=O)c1ccc(C(=O)NC(Cc2ccccc2)c2ccccc2)cc1. The molecule has 3 aromatic carbocycles. The second-order valence-corrected chi connectivity index (χ2v) is 8.56. The first-order chi connectivity index (χ1) is 14.5. The molecule has 0 heterocycles. The van der Waals surface area contributed by atoms with Crippen molar-refractivity contribution in [1.29, 1.82) is 0 Å². The number of rotatable bonds is 9. The normalized spacial score (nSPS) is 12.1. The molecule has 154 valence electrons.